The highest BCUT2D eigenvalue weighted by Crippen LogP contribution is 2.24. The molecular weight excluding hydrogens is 475 g/mol. The van der Waals surface area contributed by atoms with E-state index in [1.54, 1.807) is 30.0 Å². The molecule has 168 valence electrons. The molecule has 2 aromatic rings. The second-order valence-corrected chi connectivity index (χ2v) is 9.64. The van der Waals surface area contributed by atoms with Crippen LogP contribution in [0.5, 0.6) is 0 Å². The number of hydrogen-bond acceptors (Lipinski definition) is 3. The van der Waals surface area contributed by atoms with E-state index in [1.165, 1.54) is 11.8 Å². The number of carbonyl (C=O) groups excluding carboxylic acids is 2. The summed E-state index contributed by atoms with van der Waals surface area (Å²) in [6.07, 6.45) is 0.810. The number of rotatable bonds is 10. The van der Waals surface area contributed by atoms with E-state index in [0.29, 0.717) is 20.8 Å². The third kappa shape index (κ3) is 8.23. The molecule has 0 aliphatic heterocycles. The van der Waals surface area contributed by atoms with E-state index in [0.717, 1.165) is 17.5 Å². The fourth-order valence-electron chi connectivity index (χ4n) is 2.85. The molecule has 0 heterocycles. The van der Waals surface area contributed by atoms with Gasteiger partial charge < -0.3 is 10.2 Å². The van der Waals surface area contributed by atoms with E-state index < -0.39 is 6.04 Å². The van der Waals surface area contributed by atoms with Crippen LogP contribution in [-0.4, -0.2) is 34.6 Å². The zero-order valence-electron chi connectivity index (χ0n) is 17.8. The molecule has 2 rings (SSSR count). The Morgan fingerprint density at radius 1 is 1.06 bits per heavy atom. The van der Waals surface area contributed by atoms with Gasteiger partial charge in [0, 0.05) is 33.4 Å². The SMILES string of the molecule is CC[C@H](C)NC(=O)[C@H](C)N(Cc1ccc(Cl)cc1Cl)C(=O)CSCc1cccc(Cl)c1. The first-order valence-corrected chi connectivity index (χ1v) is 12.4. The molecule has 0 saturated heterocycles. The molecule has 0 fully saturated rings. The minimum atomic E-state index is -0.639. The first-order chi connectivity index (χ1) is 14.7. The van der Waals surface area contributed by atoms with Gasteiger partial charge in [-0.05, 0) is 55.7 Å². The first-order valence-electron chi connectivity index (χ1n) is 10.1. The van der Waals surface area contributed by atoms with Gasteiger partial charge in [-0.25, -0.2) is 0 Å². The molecule has 0 radical (unpaired) electrons. The van der Waals surface area contributed by atoms with Crippen molar-refractivity contribution in [3.63, 3.8) is 0 Å². The quantitative estimate of drug-likeness (QED) is 0.421. The number of benzene rings is 2. The van der Waals surface area contributed by atoms with Gasteiger partial charge in [-0.15, -0.1) is 11.8 Å². The highest BCUT2D eigenvalue weighted by Gasteiger charge is 2.27. The molecule has 0 aromatic heterocycles. The minimum Gasteiger partial charge on any atom is -0.352 e. The van der Waals surface area contributed by atoms with Gasteiger partial charge in [-0.1, -0.05) is 59.9 Å². The van der Waals surface area contributed by atoms with Crippen molar-refractivity contribution < 1.29 is 9.59 Å². The van der Waals surface area contributed by atoms with E-state index >= 15 is 0 Å². The monoisotopic (exact) mass is 500 g/mol. The normalized spacial score (nSPS) is 12.8. The molecule has 0 bridgehead atoms. The van der Waals surface area contributed by atoms with Crippen molar-refractivity contribution in [3.05, 3.63) is 68.7 Å². The lowest BCUT2D eigenvalue weighted by atomic mass is 10.1. The second kappa shape index (κ2) is 12.6. The molecule has 0 spiro atoms. The van der Waals surface area contributed by atoms with Crippen LogP contribution in [0.1, 0.15) is 38.3 Å². The van der Waals surface area contributed by atoms with Gasteiger partial charge in [-0.3, -0.25) is 9.59 Å². The summed E-state index contributed by atoms with van der Waals surface area (Å²) in [6, 6.07) is 12.1. The molecule has 2 amide bonds. The van der Waals surface area contributed by atoms with Crippen molar-refractivity contribution >= 4 is 58.4 Å². The van der Waals surface area contributed by atoms with Gasteiger partial charge in [0.15, 0.2) is 0 Å². The Balaban J connectivity index is 2.12. The van der Waals surface area contributed by atoms with Crippen LogP contribution in [0.25, 0.3) is 0 Å². The standard InChI is InChI=1S/C23H27Cl3N2O2S/c1-4-15(2)27-23(30)16(3)28(12-18-8-9-20(25)11-21(18)26)22(29)14-31-13-17-6-5-7-19(24)10-17/h5-11,15-16H,4,12-14H2,1-3H3,(H,27,30)/t15-,16-/m0/s1. The molecule has 4 nitrogen and oxygen atoms in total. The molecule has 0 unspecified atom stereocenters. The summed E-state index contributed by atoms with van der Waals surface area (Å²) in [5, 5.41) is 4.60. The average Bonchev–Trinajstić information content (AvgIpc) is 2.72. The van der Waals surface area contributed by atoms with Crippen molar-refractivity contribution in [2.45, 2.75) is 51.6 Å². The Kier molecular flexibility index (Phi) is 10.5. The number of amides is 2. The van der Waals surface area contributed by atoms with E-state index in [4.69, 9.17) is 34.8 Å². The number of nitrogens with zero attached hydrogens (tertiary/aromatic N) is 1. The molecule has 0 saturated carbocycles. The number of nitrogens with one attached hydrogen (secondary N) is 1. The Morgan fingerprint density at radius 2 is 1.77 bits per heavy atom. The summed E-state index contributed by atoms with van der Waals surface area (Å²) in [6.45, 7) is 5.90. The Morgan fingerprint density at radius 3 is 2.42 bits per heavy atom. The Labute approximate surface area is 203 Å². The summed E-state index contributed by atoms with van der Waals surface area (Å²) in [5.41, 5.74) is 1.78. The van der Waals surface area contributed by atoms with Crippen molar-refractivity contribution in [2.75, 3.05) is 5.75 Å². The van der Waals surface area contributed by atoms with Crippen molar-refractivity contribution in [1.29, 1.82) is 0 Å². The maximum Gasteiger partial charge on any atom is 0.242 e. The van der Waals surface area contributed by atoms with Crippen LogP contribution in [0.4, 0.5) is 0 Å². The molecule has 2 atom stereocenters. The zero-order valence-corrected chi connectivity index (χ0v) is 20.9. The third-order valence-corrected chi connectivity index (χ3v) is 6.72. The maximum atomic E-state index is 13.1. The molecule has 0 aliphatic carbocycles. The maximum absolute atomic E-state index is 13.1. The third-order valence-electron chi connectivity index (χ3n) is 4.91. The minimum absolute atomic E-state index is 0.0308. The van der Waals surface area contributed by atoms with Crippen LogP contribution in [0.2, 0.25) is 15.1 Å². The largest absolute Gasteiger partial charge is 0.352 e. The van der Waals surface area contributed by atoms with Gasteiger partial charge in [0.2, 0.25) is 11.8 Å². The first kappa shape index (κ1) is 25.9. The van der Waals surface area contributed by atoms with Crippen molar-refractivity contribution in [3.8, 4) is 0 Å². The zero-order chi connectivity index (χ0) is 23.0. The molecule has 0 aliphatic rings. The average molecular weight is 502 g/mol. The van der Waals surface area contributed by atoms with Crippen LogP contribution < -0.4 is 5.32 Å². The van der Waals surface area contributed by atoms with Crippen LogP contribution >= 0.6 is 46.6 Å². The van der Waals surface area contributed by atoms with Crippen LogP contribution in [0.15, 0.2) is 42.5 Å². The lowest BCUT2D eigenvalue weighted by Crippen LogP contribution is -2.50. The van der Waals surface area contributed by atoms with Gasteiger partial charge in [0.25, 0.3) is 0 Å². The highest BCUT2D eigenvalue weighted by atomic mass is 35.5. The fourth-order valence-corrected chi connectivity index (χ4v) is 4.39. The summed E-state index contributed by atoms with van der Waals surface area (Å²) in [5.74, 6) is 0.561. The molecule has 1 N–H and O–H groups in total. The molecule has 31 heavy (non-hydrogen) atoms. The van der Waals surface area contributed by atoms with Gasteiger partial charge >= 0.3 is 0 Å². The second-order valence-electron chi connectivity index (χ2n) is 7.37. The van der Waals surface area contributed by atoms with Gasteiger partial charge in [-0.2, -0.15) is 0 Å². The van der Waals surface area contributed by atoms with Crippen LogP contribution in [-0.2, 0) is 21.9 Å². The van der Waals surface area contributed by atoms with Crippen molar-refractivity contribution in [2.24, 2.45) is 0 Å². The van der Waals surface area contributed by atoms with E-state index in [-0.39, 0.29) is 30.2 Å². The lowest BCUT2D eigenvalue weighted by molar-refractivity contribution is -0.138. The fraction of sp³-hybridized carbons (Fsp3) is 0.391. The van der Waals surface area contributed by atoms with E-state index in [1.807, 2.05) is 38.1 Å². The topological polar surface area (TPSA) is 49.4 Å². The van der Waals surface area contributed by atoms with Crippen LogP contribution in [0.3, 0.4) is 0 Å². The lowest BCUT2D eigenvalue weighted by Gasteiger charge is -2.30. The number of hydrogen-bond donors (Lipinski definition) is 1. The molecule has 8 heteroatoms. The molecule has 2 aromatic carbocycles. The Hall–Kier alpha value is -1.40. The van der Waals surface area contributed by atoms with Gasteiger partial charge in [0.1, 0.15) is 6.04 Å². The summed E-state index contributed by atoms with van der Waals surface area (Å²) >= 11 is 19.8. The van der Waals surface area contributed by atoms with E-state index in [2.05, 4.69) is 5.32 Å². The summed E-state index contributed by atoms with van der Waals surface area (Å²) in [7, 11) is 0. The summed E-state index contributed by atoms with van der Waals surface area (Å²) < 4.78 is 0. The molecular formula is C23H27Cl3N2O2S. The number of thioether (sulfide) groups is 1. The van der Waals surface area contributed by atoms with Crippen LogP contribution in [0, 0.1) is 0 Å². The Bertz CT molecular complexity index is 910. The van der Waals surface area contributed by atoms with E-state index in [9.17, 15) is 9.59 Å². The predicted molar refractivity (Wildman–Crippen MR) is 132 cm³/mol. The van der Waals surface area contributed by atoms with Gasteiger partial charge in [0.05, 0.1) is 5.75 Å². The predicted octanol–water partition coefficient (Wildman–Crippen LogP) is 6.21. The smallest absolute Gasteiger partial charge is 0.242 e. The number of carbonyl (C=O) groups is 2. The highest BCUT2D eigenvalue weighted by molar-refractivity contribution is 7.99. The van der Waals surface area contributed by atoms with Crippen molar-refractivity contribution in [1.82, 2.24) is 10.2 Å². The number of halogens is 3. The summed E-state index contributed by atoms with van der Waals surface area (Å²) in [4.78, 5) is 27.4.